The molecule has 0 radical (unpaired) electrons. The molecule has 14 heavy (non-hydrogen) atoms. The predicted molar refractivity (Wildman–Crippen MR) is 62.9 cm³/mol. The Kier molecular flexibility index (Phi) is 2.93. The summed E-state index contributed by atoms with van der Waals surface area (Å²) in [6, 6.07) is 8.03. The molecule has 0 amide bonds. The van der Waals surface area contributed by atoms with Crippen molar-refractivity contribution in [2.45, 2.75) is 0 Å². The van der Waals surface area contributed by atoms with Gasteiger partial charge in [-0.25, -0.2) is 9.97 Å². The van der Waals surface area contributed by atoms with E-state index < -0.39 is 0 Å². The molecule has 1 heterocycles. The molecule has 0 aliphatic heterocycles. The first kappa shape index (κ1) is 9.80. The van der Waals surface area contributed by atoms with E-state index in [0.29, 0.717) is 0 Å². The molecule has 0 atom stereocenters. The molecule has 0 spiro atoms. The number of aromatic nitrogens is 2. The third-order valence-electron chi connectivity index (χ3n) is 1.82. The van der Waals surface area contributed by atoms with E-state index in [1.54, 1.807) is 6.20 Å². The van der Waals surface area contributed by atoms with Gasteiger partial charge in [0.2, 0.25) is 0 Å². The molecule has 0 aliphatic carbocycles. The van der Waals surface area contributed by atoms with Crippen LogP contribution in [0.2, 0.25) is 0 Å². The molecule has 0 saturated heterocycles. The molecule has 0 N–H and O–H groups in total. The first-order chi connectivity index (χ1) is 6.77. The van der Waals surface area contributed by atoms with Crippen LogP contribution in [-0.2, 0) is 0 Å². The van der Waals surface area contributed by atoms with Gasteiger partial charge >= 0.3 is 0 Å². The Balaban J connectivity index is 2.50. The summed E-state index contributed by atoms with van der Waals surface area (Å²) in [5.74, 6) is 0. The molecule has 70 valence electrons. The minimum absolute atomic E-state index is 0.815. The Morgan fingerprint density at radius 2 is 1.71 bits per heavy atom. The Bertz CT molecular complexity index is 440. The highest BCUT2D eigenvalue weighted by atomic mass is 79.9. The van der Waals surface area contributed by atoms with Crippen molar-refractivity contribution < 1.29 is 0 Å². The lowest BCUT2D eigenvalue weighted by Crippen LogP contribution is -1.84. The van der Waals surface area contributed by atoms with Crippen molar-refractivity contribution in [3.8, 4) is 11.1 Å². The highest BCUT2D eigenvalue weighted by Crippen LogP contribution is 2.26. The first-order valence-corrected chi connectivity index (χ1v) is 5.57. The summed E-state index contributed by atoms with van der Waals surface area (Å²) < 4.78 is 1.88. The van der Waals surface area contributed by atoms with E-state index in [9.17, 15) is 0 Å². The lowest BCUT2D eigenvalue weighted by molar-refractivity contribution is 1.14. The predicted octanol–water partition coefficient (Wildman–Crippen LogP) is 3.67. The minimum atomic E-state index is 0.815. The van der Waals surface area contributed by atoms with Crippen LogP contribution in [-0.4, -0.2) is 9.97 Å². The maximum atomic E-state index is 4.07. The van der Waals surface area contributed by atoms with Crippen LogP contribution in [0, 0.1) is 0 Å². The van der Waals surface area contributed by atoms with E-state index in [-0.39, 0.29) is 0 Å². The number of rotatable bonds is 1. The number of hydrogen-bond acceptors (Lipinski definition) is 2. The van der Waals surface area contributed by atoms with Crippen molar-refractivity contribution in [1.82, 2.24) is 9.97 Å². The Hall–Kier alpha value is -0.740. The normalized spacial score (nSPS) is 10.1. The summed E-state index contributed by atoms with van der Waals surface area (Å²) in [6.45, 7) is 0. The van der Waals surface area contributed by atoms with Crippen LogP contribution in [0.3, 0.4) is 0 Å². The second kappa shape index (κ2) is 4.19. The molecule has 0 unspecified atom stereocenters. The average molecular weight is 314 g/mol. The molecule has 0 fully saturated rings. The van der Waals surface area contributed by atoms with Gasteiger partial charge in [-0.05, 0) is 33.6 Å². The first-order valence-electron chi connectivity index (χ1n) is 3.99. The number of hydrogen-bond donors (Lipinski definition) is 0. The van der Waals surface area contributed by atoms with Crippen LogP contribution < -0.4 is 0 Å². The fourth-order valence-electron chi connectivity index (χ4n) is 1.14. The van der Waals surface area contributed by atoms with Crippen LogP contribution in [0.25, 0.3) is 11.1 Å². The van der Waals surface area contributed by atoms with E-state index in [4.69, 9.17) is 0 Å². The van der Waals surface area contributed by atoms with E-state index >= 15 is 0 Å². The molecule has 0 bridgehead atoms. The van der Waals surface area contributed by atoms with Gasteiger partial charge in [0.05, 0.1) is 0 Å². The summed E-state index contributed by atoms with van der Waals surface area (Å²) in [5.41, 5.74) is 2.10. The molecular formula is C10H6Br2N2. The van der Waals surface area contributed by atoms with Gasteiger partial charge in [-0.3, -0.25) is 0 Å². The van der Waals surface area contributed by atoms with Crippen LogP contribution in [0.1, 0.15) is 0 Å². The monoisotopic (exact) mass is 312 g/mol. The van der Waals surface area contributed by atoms with Gasteiger partial charge < -0.3 is 0 Å². The number of halogens is 2. The maximum Gasteiger partial charge on any atom is 0.117 e. The SMILES string of the molecule is Brc1ccc(-c2cncnc2Br)cc1. The molecule has 0 aliphatic rings. The molecule has 2 aromatic rings. The Labute approximate surface area is 98.7 Å². The minimum Gasteiger partial charge on any atom is -0.244 e. The van der Waals surface area contributed by atoms with Crippen LogP contribution >= 0.6 is 31.9 Å². The molecule has 0 saturated carbocycles. The summed E-state index contributed by atoms with van der Waals surface area (Å²) in [7, 11) is 0. The standard InChI is InChI=1S/C10H6Br2N2/c11-8-3-1-7(2-4-8)9-5-13-6-14-10(9)12/h1-6H. The van der Waals surface area contributed by atoms with Gasteiger partial charge in [0, 0.05) is 16.2 Å². The smallest absolute Gasteiger partial charge is 0.117 e. The second-order valence-electron chi connectivity index (χ2n) is 2.73. The fourth-order valence-corrected chi connectivity index (χ4v) is 1.82. The molecular weight excluding hydrogens is 308 g/mol. The van der Waals surface area contributed by atoms with Crippen LogP contribution in [0.15, 0.2) is 45.9 Å². The van der Waals surface area contributed by atoms with Crippen molar-refractivity contribution in [2.24, 2.45) is 0 Å². The molecule has 1 aromatic carbocycles. The van der Waals surface area contributed by atoms with Gasteiger partial charge in [-0.2, -0.15) is 0 Å². The number of benzene rings is 1. The highest BCUT2D eigenvalue weighted by molar-refractivity contribution is 9.10. The third-order valence-corrected chi connectivity index (χ3v) is 2.98. The largest absolute Gasteiger partial charge is 0.244 e. The van der Waals surface area contributed by atoms with Gasteiger partial charge in [-0.15, -0.1) is 0 Å². The Morgan fingerprint density at radius 3 is 2.36 bits per heavy atom. The van der Waals surface area contributed by atoms with E-state index in [1.807, 2.05) is 24.3 Å². The van der Waals surface area contributed by atoms with Crippen molar-refractivity contribution in [1.29, 1.82) is 0 Å². The van der Waals surface area contributed by atoms with Crippen LogP contribution in [0.4, 0.5) is 0 Å². The highest BCUT2D eigenvalue weighted by Gasteiger charge is 2.02. The quantitative estimate of drug-likeness (QED) is 0.751. The number of nitrogens with zero attached hydrogens (tertiary/aromatic N) is 2. The van der Waals surface area contributed by atoms with Crippen molar-refractivity contribution in [3.05, 3.63) is 45.9 Å². The van der Waals surface area contributed by atoms with E-state index in [2.05, 4.69) is 41.8 Å². The van der Waals surface area contributed by atoms with Crippen molar-refractivity contribution in [3.63, 3.8) is 0 Å². The fraction of sp³-hybridized carbons (Fsp3) is 0. The van der Waals surface area contributed by atoms with Gasteiger partial charge in [0.25, 0.3) is 0 Å². The summed E-state index contributed by atoms with van der Waals surface area (Å²) in [4.78, 5) is 8.06. The maximum absolute atomic E-state index is 4.07. The van der Waals surface area contributed by atoms with Gasteiger partial charge in [0.15, 0.2) is 0 Å². The second-order valence-corrected chi connectivity index (χ2v) is 4.40. The summed E-state index contributed by atoms with van der Waals surface area (Å²) in [6.07, 6.45) is 3.31. The molecule has 4 heteroatoms. The van der Waals surface area contributed by atoms with Crippen molar-refractivity contribution in [2.75, 3.05) is 0 Å². The topological polar surface area (TPSA) is 25.8 Å². The average Bonchev–Trinajstić information content (AvgIpc) is 2.20. The molecule has 1 aromatic heterocycles. The Morgan fingerprint density at radius 1 is 1.00 bits per heavy atom. The zero-order valence-corrected chi connectivity index (χ0v) is 10.3. The lowest BCUT2D eigenvalue weighted by atomic mass is 10.1. The zero-order valence-electron chi connectivity index (χ0n) is 7.11. The third kappa shape index (κ3) is 2.01. The van der Waals surface area contributed by atoms with Gasteiger partial charge in [0.1, 0.15) is 10.9 Å². The van der Waals surface area contributed by atoms with Crippen LogP contribution in [0.5, 0.6) is 0 Å². The van der Waals surface area contributed by atoms with E-state index in [1.165, 1.54) is 6.33 Å². The summed E-state index contributed by atoms with van der Waals surface area (Å²) >= 11 is 6.78. The van der Waals surface area contributed by atoms with Crippen molar-refractivity contribution >= 4 is 31.9 Å². The van der Waals surface area contributed by atoms with Gasteiger partial charge in [-0.1, -0.05) is 28.1 Å². The molecule has 2 rings (SSSR count). The zero-order chi connectivity index (χ0) is 9.97. The molecule has 2 nitrogen and oxygen atoms in total. The van der Waals surface area contributed by atoms with E-state index in [0.717, 1.165) is 20.2 Å². The summed E-state index contributed by atoms with van der Waals surface area (Å²) in [5, 5.41) is 0. The lowest BCUT2D eigenvalue weighted by Gasteiger charge is -2.02.